The molecule has 0 amide bonds. The van der Waals surface area contributed by atoms with Gasteiger partial charge in [-0.2, -0.15) is 10.2 Å². The van der Waals surface area contributed by atoms with Crippen LogP contribution in [-0.2, 0) is 17.4 Å². The van der Waals surface area contributed by atoms with Crippen molar-refractivity contribution >= 4 is 22.7 Å². The molecule has 1 aromatic carbocycles. The summed E-state index contributed by atoms with van der Waals surface area (Å²) in [5.41, 5.74) is 4.16. The van der Waals surface area contributed by atoms with Crippen LogP contribution in [-0.4, -0.2) is 30.9 Å². The topological polar surface area (TPSA) is 113 Å². The molecule has 2 aliphatic carbocycles. The van der Waals surface area contributed by atoms with Crippen molar-refractivity contribution in [2.75, 3.05) is 11.9 Å². The Hall–Kier alpha value is -4.03. The van der Waals surface area contributed by atoms with E-state index in [4.69, 9.17) is 9.97 Å². The average Bonchev–Trinajstić information content (AvgIpc) is 3.84. The molecule has 0 radical (unpaired) electrons. The summed E-state index contributed by atoms with van der Waals surface area (Å²) < 4.78 is 3.55. The number of hydrogen-bond donors (Lipinski definition) is 2. The van der Waals surface area contributed by atoms with E-state index in [1.807, 2.05) is 32.0 Å². The van der Waals surface area contributed by atoms with Crippen LogP contribution in [0.2, 0.25) is 0 Å². The lowest BCUT2D eigenvalue weighted by Gasteiger charge is -2.27. The number of anilines is 2. The third-order valence-electron chi connectivity index (χ3n) is 7.87. The van der Waals surface area contributed by atoms with Gasteiger partial charge in [-0.15, -0.1) is 0 Å². The fourth-order valence-corrected chi connectivity index (χ4v) is 5.45. The van der Waals surface area contributed by atoms with E-state index >= 15 is 0 Å². The summed E-state index contributed by atoms with van der Waals surface area (Å²) in [6.45, 7) is 4.67. The summed E-state index contributed by atoms with van der Waals surface area (Å²) in [5.74, 6) is 0.998. The van der Waals surface area contributed by atoms with Crippen molar-refractivity contribution in [1.82, 2.24) is 29.6 Å². The molecule has 2 saturated carbocycles. The minimum absolute atomic E-state index is 0.108. The summed E-state index contributed by atoms with van der Waals surface area (Å²) in [7, 11) is 0. The van der Waals surface area contributed by atoms with Gasteiger partial charge in [0.05, 0.1) is 23.2 Å². The van der Waals surface area contributed by atoms with Gasteiger partial charge < -0.3 is 10.6 Å². The van der Waals surface area contributed by atoms with Crippen LogP contribution in [0.25, 0.3) is 16.9 Å². The molecule has 4 heterocycles. The standard InChI is InChI=1S/C28H28N8O/c1-27(2,16-29)22-4-3-5-23(33-22)36-24-20(25(37)35(36)19-7-8-19)15-30-26(34-24)32-18-6-9-21-17(14-18)10-13-31-28(21)11-12-28/h3-6,9,14-15,19,31H,7-8,10-13H2,1-2H3,(H,30,32,34). The average molecular weight is 493 g/mol. The van der Waals surface area contributed by atoms with Gasteiger partial charge >= 0.3 is 0 Å². The molecule has 2 fully saturated rings. The van der Waals surface area contributed by atoms with Crippen LogP contribution in [0.4, 0.5) is 11.6 Å². The Bertz CT molecular complexity index is 1670. The Morgan fingerprint density at radius 2 is 2.03 bits per heavy atom. The fraction of sp³-hybridized carbons (Fsp3) is 0.393. The number of nitrogens with zero attached hydrogens (tertiary/aromatic N) is 6. The minimum Gasteiger partial charge on any atom is -0.324 e. The molecule has 9 heteroatoms. The molecule has 3 aromatic heterocycles. The Balaban J connectivity index is 1.32. The SMILES string of the molecule is CC(C)(C#N)c1cccc(-n2c3nc(Nc4ccc5c(c4)CCNC54CC4)ncc3c(=O)n2C2CC2)n1. The smallest absolute Gasteiger partial charge is 0.278 e. The molecular formula is C28H28N8O. The van der Waals surface area contributed by atoms with E-state index in [2.05, 4.69) is 39.9 Å². The highest BCUT2D eigenvalue weighted by Crippen LogP contribution is 2.49. The number of aromatic nitrogens is 5. The van der Waals surface area contributed by atoms with E-state index in [1.165, 1.54) is 24.0 Å². The predicted molar refractivity (Wildman–Crippen MR) is 140 cm³/mol. The van der Waals surface area contributed by atoms with Crippen molar-refractivity contribution in [3.05, 3.63) is 69.8 Å². The van der Waals surface area contributed by atoms with Gasteiger partial charge in [0.25, 0.3) is 5.56 Å². The van der Waals surface area contributed by atoms with Crippen molar-refractivity contribution in [2.24, 2.45) is 0 Å². The molecule has 1 spiro atoms. The lowest BCUT2D eigenvalue weighted by atomic mass is 9.91. The van der Waals surface area contributed by atoms with Crippen LogP contribution in [0.5, 0.6) is 0 Å². The van der Waals surface area contributed by atoms with E-state index < -0.39 is 5.41 Å². The predicted octanol–water partition coefficient (Wildman–Crippen LogP) is 3.99. The van der Waals surface area contributed by atoms with Crippen LogP contribution < -0.4 is 16.2 Å². The van der Waals surface area contributed by atoms with E-state index in [-0.39, 0.29) is 17.1 Å². The molecule has 9 nitrogen and oxygen atoms in total. The second-order valence-electron chi connectivity index (χ2n) is 11.0. The Labute approximate surface area is 214 Å². The summed E-state index contributed by atoms with van der Waals surface area (Å²) in [4.78, 5) is 27.5. The van der Waals surface area contributed by atoms with Crippen LogP contribution in [0.15, 0.2) is 47.4 Å². The van der Waals surface area contributed by atoms with Crippen molar-refractivity contribution in [2.45, 2.75) is 62.9 Å². The molecule has 0 unspecified atom stereocenters. The van der Waals surface area contributed by atoms with Gasteiger partial charge in [0, 0.05) is 24.0 Å². The summed E-state index contributed by atoms with van der Waals surface area (Å²) >= 11 is 0. The maximum absolute atomic E-state index is 13.4. The molecule has 2 N–H and O–H groups in total. The van der Waals surface area contributed by atoms with Gasteiger partial charge in [-0.05, 0) is 81.3 Å². The zero-order chi connectivity index (χ0) is 25.4. The number of nitrogens with one attached hydrogen (secondary N) is 2. The normalized spacial score (nSPS) is 18.0. The van der Waals surface area contributed by atoms with Gasteiger partial charge in [0.1, 0.15) is 5.39 Å². The van der Waals surface area contributed by atoms with E-state index in [9.17, 15) is 10.1 Å². The molecule has 37 heavy (non-hydrogen) atoms. The molecular weight excluding hydrogens is 464 g/mol. The molecule has 3 aliphatic rings. The zero-order valence-corrected chi connectivity index (χ0v) is 21.0. The second-order valence-corrected chi connectivity index (χ2v) is 11.0. The van der Waals surface area contributed by atoms with Crippen molar-refractivity contribution < 1.29 is 0 Å². The summed E-state index contributed by atoms with van der Waals surface area (Å²) in [6.07, 6.45) is 6.86. The molecule has 0 atom stereocenters. The Kier molecular flexibility index (Phi) is 4.64. The highest BCUT2D eigenvalue weighted by atomic mass is 16.1. The minimum atomic E-state index is -0.758. The molecule has 7 rings (SSSR count). The van der Waals surface area contributed by atoms with Crippen molar-refractivity contribution in [3.63, 3.8) is 0 Å². The fourth-order valence-electron chi connectivity index (χ4n) is 5.45. The maximum atomic E-state index is 13.4. The number of benzene rings is 1. The molecule has 0 bridgehead atoms. The largest absolute Gasteiger partial charge is 0.324 e. The third-order valence-corrected chi connectivity index (χ3v) is 7.87. The maximum Gasteiger partial charge on any atom is 0.278 e. The number of fused-ring (bicyclic) bond motifs is 3. The van der Waals surface area contributed by atoms with Crippen molar-refractivity contribution in [1.29, 1.82) is 5.26 Å². The first-order valence-corrected chi connectivity index (χ1v) is 12.9. The Morgan fingerprint density at radius 1 is 1.19 bits per heavy atom. The number of nitriles is 1. The second kappa shape index (κ2) is 7.73. The van der Waals surface area contributed by atoms with E-state index in [1.54, 1.807) is 15.6 Å². The first-order valence-electron chi connectivity index (χ1n) is 12.9. The summed E-state index contributed by atoms with van der Waals surface area (Å²) in [5, 5.41) is 17.1. The first-order chi connectivity index (χ1) is 17.9. The number of rotatable bonds is 5. The Morgan fingerprint density at radius 3 is 2.78 bits per heavy atom. The molecule has 1 aliphatic heterocycles. The first kappa shape index (κ1) is 22.2. The van der Waals surface area contributed by atoms with Gasteiger partial charge in [-0.3, -0.25) is 4.79 Å². The highest BCUT2D eigenvalue weighted by molar-refractivity contribution is 5.77. The highest BCUT2D eigenvalue weighted by Gasteiger charge is 2.46. The van der Waals surface area contributed by atoms with Crippen LogP contribution in [0.3, 0.4) is 0 Å². The number of pyridine rings is 1. The lowest BCUT2D eigenvalue weighted by Crippen LogP contribution is -2.36. The van der Waals surface area contributed by atoms with E-state index in [0.29, 0.717) is 28.5 Å². The molecule has 0 saturated heterocycles. The zero-order valence-electron chi connectivity index (χ0n) is 21.0. The van der Waals surface area contributed by atoms with E-state index in [0.717, 1.165) is 31.5 Å². The van der Waals surface area contributed by atoms with Gasteiger partial charge in [0.2, 0.25) is 5.95 Å². The van der Waals surface area contributed by atoms with Gasteiger partial charge in [-0.25, -0.2) is 19.3 Å². The van der Waals surface area contributed by atoms with Crippen LogP contribution in [0.1, 0.15) is 62.4 Å². The van der Waals surface area contributed by atoms with Gasteiger partial charge in [-0.1, -0.05) is 12.1 Å². The van der Waals surface area contributed by atoms with Gasteiger partial charge in [0.15, 0.2) is 11.5 Å². The molecule has 4 aromatic rings. The number of hydrogen-bond acceptors (Lipinski definition) is 7. The van der Waals surface area contributed by atoms with Crippen LogP contribution >= 0.6 is 0 Å². The molecule has 186 valence electrons. The third kappa shape index (κ3) is 3.55. The monoisotopic (exact) mass is 492 g/mol. The van der Waals surface area contributed by atoms with Crippen LogP contribution in [0, 0.1) is 11.3 Å². The summed E-state index contributed by atoms with van der Waals surface area (Å²) in [6, 6.07) is 14.5. The lowest BCUT2D eigenvalue weighted by molar-refractivity contribution is 0.490. The van der Waals surface area contributed by atoms with Crippen molar-refractivity contribution in [3.8, 4) is 11.9 Å². The quantitative estimate of drug-likeness (QED) is 0.433.